The van der Waals surface area contributed by atoms with Crippen LogP contribution in [0.3, 0.4) is 0 Å². The van der Waals surface area contributed by atoms with Crippen LogP contribution in [0.25, 0.3) is 11.1 Å². The minimum absolute atomic E-state index is 0.188. The fourth-order valence-electron chi connectivity index (χ4n) is 3.10. The van der Waals surface area contributed by atoms with Crippen LogP contribution in [0.15, 0.2) is 41.7 Å². The van der Waals surface area contributed by atoms with Gasteiger partial charge >= 0.3 is 0 Å². The highest BCUT2D eigenvalue weighted by Crippen LogP contribution is 2.27. The molecule has 1 aromatic heterocycles. The summed E-state index contributed by atoms with van der Waals surface area (Å²) in [5.41, 5.74) is 3.18. The van der Waals surface area contributed by atoms with Gasteiger partial charge in [0.25, 0.3) is 5.91 Å². The fraction of sp³-hybridized carbons (Fsp3) is 0.316. The van der Waals surface area contributed by atoms with E-state index >= 15 is 0 Å². The summed E-state index contributed by atoms with van der Waals surface area (Å²) in [6, 6.07) is 7.87. The summed E-state index contributed by atoms with van der Waals surface area (Å²) in [6.07, 6.45) is 1.68. The maximum absolute atomic E-state index is 14.7. The molecule has 2 atom stereocenters. The Morgan fingerprint density at radius 2 is 2.10 bits per heavy atom. The lowest BCUT2D eigenvalue weighted by Gasteiger charge is -2.16. The summed E-state index contributed by atoms with van der Waals surface area (Å²) in [6.45, 7) is 0. The first-order valence-electron chi connectivity index (χ1n) is 8.88. The number of sulfone groups is 1. The standard InChI is InChI=1S/C19H20FN3O6S/c1-28-18-6-4-12(10-21-18)14-5-3-11(7-15(14)20)16-8-13(29-23-16)9-17(19(24)22-25)30(2,26)27/h3-7,10,13,17,25H,8-9H2,1-2H3,(H,22,24)/t13-,17?/m1/s1. The number of aromatic nitrogens is 1. The summed E-state index contributed by atoms with van der Waals surface area (Å²) in [7, 11) is -2.28. The van der Waals surface area contributed by atoms with Crippen molar-refractivity contribution in [1.82, 2.24) is 10.5 Å². The molecule has 1 amide bonds. The van der Waals surface area contributed by atoms with Gasteiger partial charge in [-0.2, -0.15) is 0 Å². The second kappa shape index (κ2) is 8.76. The molecule has 30 heavy (non-hydrogen) atoms. The van der Waals surface area contributed by atoms with E-state index in [4.69, 9.17) is 14.8 Å². The molecule has 2 heterocycles. The largest absolute Gasteiger partial charge is 0.481 e. The number of halogens is 1. The SMILES string of the molecule is COc1ccc(-c2ccc(C3=NO[C@@H](CC(C(=O)NO)S(C)(=O)=O)C3)cc2F)cn1. The minimum atomic E-state index is -3.77. The van der Waals surface area contributed by atoms with Crippen LogP contribution in [-0.2, 0) is 19.5 Å². The molecule has 2 aromatic rings. The number of amides is 1. The number of hydrogen-bond acceptors (Lipinski definition) is 8. The molecule has 1 aliphatic heterocycles. The number of hydrogen-bond donors (Lipinski definition) is 2. The Hall–Kier alpha value is -3.05. The number of nitrogens with one attached hydrogen (secondary N) is 1. The predicted molar refractivity (Wildman–Crippen MR) is 105 cm³/mol. The van der Waals surface area contributed by atoms with Gasteiger partial charge in [0.2, 0.25) is 5.88 Å². The number of carbonyl (C=O) groups is 1. The van der Waals surface area contributed by atoms with E-state index in [0.717, 1.165) is 6.26 Å². The normalized spacial score (nSPS) is 17.1. The summed E-state index contributed by atoms with van der Waals surface area (Å²) < 4.78 is 43.3. The molecule has 11 heteroatoms. The first-order valence-corrected chi connectivity index (χ1v) is 10.8. The second-order valence-corrected chi connectivity index (χ2v) is 9.01. The van der Waals surface area contributed by atoms with E-state index in [2.05, 4.69) is 10.1 Å². The molecular formula is C19H20FN3O6S. The molecule has 0 bridgehead atoms. The van der Waals surface area contributed by atoms with E-state index in [0.29, 0.717) is 28.3 Å². The van der Waals surface area contributed by atoms with Crippen LogP contribution in [0.2, 0.25) is 0 Å². The van der Waals surface area contributed by atoms with Crippen LogP contribution < -0.4 is 10.2 Å². The zero-order chi connectivity index (χ0) is 21.9. The molecule has 0 saturated heterocycles. The Labute approximate surface area is 172 Å². The molecule has 2 N–H and O–H groups in total. The van der Waals surface area contributed by atoms with Gasteiger partial charge in [-0.15, -0.1) is 0 Å². The van der Waals surface area contributed by atoms with Crippen LogP contribution in [0.5, 0.6) is 5.88 Å². The molecule has 0 radical (unpaired) electrons. The number of benzene rings is 1. The van der Waals surface area contributed by atoms with Crippen molar-refractivity contribution >= 4 is 21.5 Å². The molecule has 9 nitrogen and oxygen atoms in total. The third-order valence-electron chi connectivity index (χ3n) is 4.69. The molecular weight excluding hydrogens is 417 g/mol. The number of rotatable bonds is 7. The first-order chi connectivity index (χ1) is 14.2. The number of nitrogens with zero attached hydrogens (tertiary/aromatic N) is 2. The average Bonchev–Trinajstić information content (AvgIpc) is 3.19. The van der Waals surface area contributed by atoms with Crippen molar-refractivity contribution in [2.75, 3.05) is 13.4 Å². The minimum Gasteiger partial charge on any atom is -0.481 e. The Kier molecular flexibility index (Phi) is 6.32. The molecule has 1 aliphatic rings. The van der Waals surface area contributed by atoms with Gasteiger partial charge in [-0.1, -0.05) is 17.3 Å². The third kappa shape index (κ3) is 4.74. The quantitative estimate of drug-likeness (QED) is 0.498. The summed E-state index contributed by atoms with van der Waals surface area (Å²) in [5.74, 6) is -1.11. The van der Waals surface area contributed by atoms with Crippen molar-refractivity contribution in [1.29, 1.82) is 0 Å². The summed E-state index contributed by atoms with van der Waals surface area (Å²) >= 11 is 0. The van der Waals surface area contributed by atoms with E-state index in [1.807, 2.05) is 0 Å². The third-order valence-corrected chi connectivity index (χ3v) is 6.13. The molecule has 1 aromatic carbocycles. The number of carbonyl (C=O) groups excluding carboxylic acids is 1. The van der Waals surface area contributed by atoms with Crippen molar-refractivity contribution in [3.63, 3.8) is 0 Å². The van der Waals surface area contributed by atoms with Gasteiger partial charge in [0.1, 0.15) is 17.2 Å². The lowest BCUT2D eigenvalue weighted by atomic mass is 9.99. The van der Waals surface area contributed by atoms with Gasteiger partial charge < -0.3 is 9.57 Å². The van der Waals surface area contributed by atoms with Crippen molar-refractivity contribution < 1.29 is 32.4 Å². The molecule has 1 unspecified atom stereocenters. The highest BCUT2D eigenvalue weighted by molar-refractivity contribution is 7.92. The first kappa shape index (κ1) is 21.7. The van der Waals surface area contributed by atoms with Crippen molar-refractivity contribution in [2.24, 2.45) is 5.16 Å². The Balaban J connectivity index is 1.73. The lowest BCUT2D eigenvalue weighted by Crippen LogP contribution is -2.40. The maximum atomic E-state index is 14.7. The summed E-state index contributed by atoms with van der Waals surface area (Å²) in [4.78, 5) is 21.0. The van der Waals surface area contributed by atoms with Crippen molar-refractivity contribution in [3.8, 4) is 17.0 Å². The van der Waals surface area contributed by atoms with E-state index < -0.39 is 32.9 Å². The predicted octanol–water partition coefficient (Wildman–Crippen LogP) is 1.70. The van der Waals surface area contributed by atoms with E-state index in [1.54, 1.807) is 24.3 Å². The highest BCUT2D eigenvalue weighted by Gasteiger charge is 2.35. The van der Waals surface area contributed by atoms with Crippen molar-refractivity contribution in [3.05, 3.63) is 47.9 Å². The molecule has 0 fully saturated rings. The van der Waals surface area contributed by atoms with Crippen LogP contribution >= 0.6 is 0 Å². The Bertz CT molecular complexity index is 1070. The second-order valence-electron chi connectivity index (χ2n) is 6.78. The lowest BCUT2D eigenvalue weighted by molar-refractivity contribution is -0.129. The van der Waals surface area contributed by atoms with Gasteiger partial charge in [-0.25, -0.2) is 23.3 Å². The Morgan fingerprint density at radius 3 is 2.67 bits per heavy atom. The summed E-state index contributed by atoms with van der Waals surface area (Å²) in [5, 5.41) is 11.2. The molecule has 0 saturated carbocycles. The van der Waals surface area contributed by atoms with Crippen molar-refractivity contribution in [2.45, 2.75) is 24.2 Å². The van der Waals surface area contributed by atoms with Crippen LogP contribution in [0.4, 0.5) is 4.39 Å². The molecule has 0 aliphatic carbocycles. The van der Waals surface area contributed by atoms with Crippen LogP contribution in [0.1, 0.15) is 18.4 Å². The van der Waals surface area contributed by atoms with Gasteiger partial charge in [0, 0.05) is 48.1 Å². The van der Waals surface area contributed by atoms with Gasteiger partial charge in [-0.3, -0.25) is 10.0 Å². The number of ether oxygens (including phenoxy) is 1. The van der Waals surface area contributed by atoms with Crippen LogP contribution in [-0.4, -0.2) is 54.9 Å². The zero-order valence-electron chi connectivity index (χ0n) is 16.2. The van der Waals surface area contributed by atoms with E-state index in [1.165, 1.54) is 24.9 Å². The number of hydroxylamine groups is 1. The number of oxime groups is 1. The van der Waals surface area contributed by atoms with Gasteiger partial charge in [0.05, 0.1) is 12.8 Å². The molecule has 0 spiro atoms. The smallest absolute Gasteiger partial charge is 0.261 e. The number of pyridine rings is 1. The topological polar surface area (TPSA) is 127 Å². The van der Waals surface area contributed by atoms with Crippen LogP contribution in [0, 0.1) is 5.82 Å². The van der Waals surface area contributed by atoms with Gasteiger partial charge in [-0.05, 0) is 12.1 Å². The molecule has 3 rings (SSSR count). The van der Waals surface area contributed by atoms with Gasteiger partial charge in [0.15, 0.2) is 9.84 Å². The van der Waals surface area contributed by atoms with E-state index in [-0.39, 0.29) is 12.8 Å². The molecule has 160 valence electrons. The Morgan fingerprint density at radius 1 is 1.37 bits per heavy atom. The maximum Gasteiger partial charge on any atom is 0.261 e. The zero-order valence-corrected chi connectivity index (χ0v) is 17.0. The number of methoxy groups -OCH3 is 1. The average molecular weight is 437 g/mol. The fourth-order valence-corrected chi connectivity index (χ4v) is 4.11. The highest BCUT2D eigenvalue weighted by atomic mass is 32.2. The monoisotopic (exact) mass is 437 g/mol. The van der Waals surface area contributed by atoms with E-state index in [9.17, 15) is 17.6 Å².